The molecule has 1 fully saturated rings. The molecule has 1 rings (SSSR count). The van der Waals surface area contributed by atoms with E-state index in [1.54, 1.807) is 0 Å². The molecular weight excluding hydrogens is 194 g/mol. The fourth-order valence-corrected chi connectivity index (χ4v) is 2.92. The third-order valence-corrected chi connectivity index (χ3v) is 3.89. The average Bonchev–Trinajstić information content (AvgIpc) is 2.29. The number of hydrogen-bond donors (Lipinski definition) is 1. The van der Waals surface area contributed by atoms with Crippen LogP contribution in [0.4, 0.5) is 0 Å². The zero-order chi connectivity index (χ0) is 11.8. The van der Waals surface area contributed by atoms with Crippen molar-refractivity contribution in [3.63, 3.8) is 0 Å². The minimum atomic E-state index is 0.865. The van der Waals surface area contributed by atoms with E-state index in [1.165, 1.54) is 38.6 Å². The topological polar surface area (TPSA) is 12.0 Å². The van der Waals surface area contributed by atoms with Crippen LogP contribution in [0, 0.1) is 30.1 Å². The summed E-state index contributed by atoms with van der Waals surface area (Å²) in [5.74, 6) is 5.44. The fourth-order valence-electron chi connectivity index (χ4n) is 2.92. The lowest BCUT2D eigenvalue weighted by Crippen LogP contribution is -2.33. The van der Waals surface area contributed by atoms with Gasteiger partial charge in [-0.2, -0.15) is 0 Å². The van der Waals surface area contributed by atoms with Crippen LogP contribution in [-0.2, 0) is 0 Å². The molecule has 0 spiro atoms. The molecule has 0 bridgehead atoms. The van der Waals surface area contributed by atoms with E-state index in [9.17, 15) is 0 Å². The number of terminal acetylenes is 1. The smallest absolute Gasteiger partial charge is 0.00888 e. The van der Waals surface area contributed by atoms with Gasteiger partial charge < -0.3 is 5.32 Å². The van der Waals surface area contributed by atoms with Crippen LogP contribution in [0.3, 0.4) is 0 Å². The molecule has 1 saturated carbocycles. The van der Waals surface area contributed by atoms with Gasteiger partial charge in [-0.15, -0.1) is 12.3 Å². The Bertz CT molecular complexity index is 216. The first-order chi connectivity index (χ1) is 7.77. The quantitative estimate of drug-likeness (QED) is 0.535. The summed E-state index contributed by atoms with van der Waals surface area (Å²) < 4.78 is 0. The van der Waals surface area contributed by atoms with Gasteiger partial charge in [0.15, 0.2) is 0 Å². The van der Waals surface area contributed by atoms with Crippen LogP contribution < -0.4 is 5.32 Å². The molecule has 3 atom stereocenters. The predicted molar refractivity (Wildman–Crippen MR) is 71.2 cm³/mol. The second-order valence-electron chi connectivity index (χ2n) is 5.39. The third kappa shape index (κ3) is 4.58. The lowest BCUT2D eigenvalue weighted by Gasteiger charge is -2.35. The fraction of sp³-hybridized carbons (Fsp3) is 0.867. The molecule has 1 N–H and O–H groups in total. The van der Waals surface area contributed by atoms with E-state index >= 15 is 0 Å². The molecular formula is C15H27N. The van der Waals surface area contributed by atoms with E-state index < -0.39 is 0 Å². The van der Waals surface area contributed by atoms with Crippen molar-refractivity contribution in [3.05, 3.63) is 0 Å². The van der Waals surface area contributed by atoms with Crippen LogP contribution in [0.25, 0.3) is 0 Å². The van der Waals surface area contributed by atoms with E-state index in [1.807, 2.05) is 0 Å². The van der Waals surface area contributed by atoms with Crippen molar-refractivity contribution in [3.8, 4) is 12.3 Å². The molecule has 0 saturated heterocycles. The van der Waals surface area contributed by atoms with Crippen molar-refractivity contribution < 1.29 is 0 Å². The summed E-state index contributed by atoms with van der Waals surface area (Å²) in [6.45, 7) is 6.98. The van der Waals surface area contributed by atoms with Crippen LogP contribution in [0.5, 0.6) is 0 Å². The Hall–Kier alpha value is -0.480. The van der Waals surface area contributed by atoms with E-state index in [-0.39, 0.29) is 0 Å². The molecule has 1 aliphatic rings. The van der Waals surface area contributed by atoms with Crippen LogP contribution in [0.1, 0.15) is 52.4 Å². The first-order valence-corrected chi connectivity index (χ1v) is 6.92. The number of nitrogens with one attached hydrogen (secondary N) is 1. The van der Waals surface area contributed by atoms with Gasteiger partial charge in [-0.1, -0.05) is 20.3 Å². The Kier molecular flexibility index (Phi) is 6.57. The van der Waals surface area contributed by atoms with Crippen molar-refractivity contribution >= 4 is 0 Å². The van der Waals surface area contributed by atoms with E-state index in [4.69, 9.17) is 6.42 Å². The Balaban J connectivity index is 2.35. The molecule has 16 heavy (non-hydrogen) atoms. The Morgan fingerprint density at radius 1 is 1.31 bits per heavy atom. The van der Waals surface area contributed by atoms with Gasteiger partial charge in [0, 0.05) is 6.42 Å². The van der Waals surface area contributed by atoms with E-state index in [0.29, 0.717) is 0 Å². The number of hydrogen-bond acceptors (Lipinski definition) is 1. The highest BCUT2D eigenvalue weighted by atomic mass is 14.9. The first kappa shape index (κ1) is 13.6. The van der Waals surface area contributed by atoms with Crippen LogP contribution in [0.2, 0.25) is 0 Å². The van der Waals surface area contributed by atoms with E-state index in [0.717, 1.165) is 30.7 Å². The minimum Gasteiger partial charge on any atom is -0.316 e. The lowest BCUT2D eigenvalue weighted by molar-refractivity contribution is 0.176. The van der Waals surface area contributed by atoms with Gasteiger partial charge >= 0.3 is 0 Å². The SMILES string of the molecule is C#CCCC1CC(C)CCC1CNCCC. The van der Waals surface area contributed by atoms with Crippen molar-refractivity contribution in [1.29, 1.82) is 0 Å². The van der Waals surface area contributed by atoms with Crippen molar-refractivity contribution in [2.75, 3.05) is 13.1 Å². The van der Waals surface area contributed by atoms with Crippen LogP contribution >= 0.6 is 0 Å². The maximum atomic E-state index is 5.38. The zero-order valence-corrected chi connectivity index (χ0v) is 11.0. The predicted octanol–water partition coefficient (Wildman–Crippen LogP) is 3.45. The zero-order valence-electron chi connectivity index (χ0n) is 11.0. The van der Waals surface area contributed by atoms with Gasteiger partial charge in [0.2, 0.25) is 0 Å². The van der Waals surface area contributed by atoms with Gasteiger partial charge in [0.1, 0.15) is 0 Å². The molecule has 0 heterocycles. The molecule has 0 aromatic heterocycles. The minimum absolute atomic E-state index is 0.865. The summed E-state index contributed by atoms with van der Waals surface area (Å²) in [5, 5.41) is 3.57. The Labute approximate surface area is 101 Å². The normalized spacial score (nSPS) is 29.9. The molecule has 0 amide bonds. The standard InChI is InChI=1S/C15H27N/c1-4-6-7-14-11-13(3)8-9-15(14)12-16-10-5-2/h1,13-16H,5-12H2,2-3H3. The summed E-state index contributed by atoms with van der Waals surface area (Å²) in [6.07, 6.45) is 13.0. The van der Waals surface area contributed by atoms with E-state index in [2.05, 4.69) is 25.1 Å². The Morgan fingerprint density at radius 3 is 2.81 bits per heavy atom. The molecule has 0 aromatic rings. The Morgan fingerprint density at radius 2 is 2.12 bits per heavy atom. The molecule has 3 unspecified atom stereocenters. The van der Waals surface area contributed by atoms with Gasteiger partial charge in [0.25, 0.3) is 0 Å². The van der Waals surface area contributed by atoms with Gasteiger partial charge in [-0.05, 0) is 56.5 Å². The van der Waals surface area contributed by atoms with Crippen LogP contribution in [-0.4, -0.2) is 13.1 Å². The first-order valence-electron chi connectivity index (χ1n) is 6.92. The maximum Gasteiger partial charge on any atom is 0.00888 e. The second kappa shape index (κ2) is 7.74. The van der Waals surface area contributed by atoms with Gasteiger partial charge in [0.05, 0.1) is 0 Å². The van der Waals surface area contributed by atoms with Crippen molar-refractivity contribution in [2.24, 2.45) is 17.8 Å². The molecule has 1 heteroatoms. The molecule has 92 valence electrons. The van der Waals surface area contributed by atoms with Gasteiger partial charge in [-0.25, -0.2) is 0 Å². The van der Waals surface area contributed by atoms with Crippen molar-refractivity contribution in [2.45, 2.75) is 52.4 Å². The van der Waals surface area contributed by atoms with Crippen LogP contribution in [0.15, 0.2) is 0 Å². The summed E-state index contributed by atoms with van der Waals surface area (Å²) >= 11 is 0. The van der Waals surface area contributed by atoms with Crippen molar-refractivity contribution in [1.82, 2.24) is 5.32 Å². The third-order valence-electron chi connectivity index (χ3n) is 3.89. The highest BCUT2D eigenvalue weighted by Gasteiger charge is 2.27. The number of rotatable bonds is 6. The average molecular weight is 221 g/mol. The molecule has 1 aliphatic carbocycles. The molecule has 0 radical (unpaired) electrons. The monoisotopic (exact) mass is 221 g/mol. The molecule has 1 nitrogen and oxygen atoms in total. The van der Waals surface area contributed by atoms with Gasteiger partial charge in [-0.3, -0.25) is 0 Å². The lowest BCUT2D eigenvalue weighted by atomic mass is 9.73. The maximum absolute atomic E-state index is 5.38. The summed E-state index contributed by atoms with van der Waals surface area (Å²) in [6, 6.07) is 0. The largest absolute Gasteiger partial charge is 0.316 e. The summed E-state index contributed by atoms with van der Waals surface area (Å²) in [4.78, 5) is 0. The molecule has 0 aromatic carbocycles. The highest BCUT2D eigenvalue weighted by molar-refractivity contribution is 4.87. The highest BCUT2D eigenvalue weighted by Crippen LogP contribution is 2.35. The molecule has 0 aliphatic heterocycles. The summed E-state index contributed by atoms with van der Waals surface area (Å²) in [5.41, 5.74) is 0. The summed E-state index contributed by atoms with van der Waals surface area (Å²) in [7, 11) is 0. The second-order valence-corrected chi connectivity index (χ2v) is 5.39.